The minimum Gasteiger partial charge on any atom is -0.324 e. The van der Waals surface area contributed by atoms with E-state index in [-0.39, 0.29) is 5.56 Å². The van der Waals surface area contributed by atoms with Gasteiger partial charge < -0.3 is 9.38 Å². The summed E-state index contributed by atoms with van der Waals surface area (Å²) in [6.07, 6.45) is 5.16. The topological polar surface area (TPSA) is 50.2 Å². The van der Waals surface area contributed by atoms with Crippen LogP contribution in [-0.4, -0.2) is 14.4 Å². The summed E-state index contributed by atoms with van der Waals surface area (Å²) < 4.78 is 1.70. The molecular formula is C7H7N3O. The molecule has 0 amide bonds. The van der Waals surface area contributed by atoms with Gasteiger partial charge in [-0.05, 0) is 6.92 Å². The standard InChI is InChI=1S/C7H7N3O/c1-5-4-10-3-2-8-7(11)6(10)9-5/h2-4H,1H3,(H,8,11). The summed E-state index contributed by atoms with van der Waals surface area (Å²) in [5.41, 5.74) is 1.15. The van der Waals surface area contributed by atoms with Crippen LogP contribution in [0.15, 0.2) is 23.4 Å². The number of imidazole rings is 1. The number of nitrogens with one attached hydrogen (secondary N) is 1. The highest BCUT2D eigenvalue weighted by Gasteiger charge is 1.98. The summed E-state index contributed by atoms with van der Waals surface area (Å²) in [4.78, 5) is 17.6. The van der Waals surface area contributed by atoms with Gasteiger partial charge in [0.05, 0.1) is 5.69 Å². The summed E-state index contributed by atoms with van der Waals surface area (Å²) >= 11 is 0. The fourth-order valence-electron chi connectivity index (χ4n) is 1.06. The highest BCUT2D eigenvalue weighted by atomic mass is 16.1. The van der Waals surface area contributed by atoms with Crippen molar-refractivity contribution in [3.63, 3.8) is 0 Å². The van der Waals surface area contributed by atoms with Crippen LogP contribution in [0.3, 0.4) is 0 Å². The Morgan fingerprint density at radius 3 is 3.18 bits per heavy atom. The average Bonchev–Trinajstić information content (AvgIpc) is 2.31. The van der Waals surface area contributed by atoms with Crippen LogP contribution in [0.4, 0.5) is 0 Å². The molecule has 0 saturated heterocycles. The van der Waals surface area contributed by atoms with Crippen LogP contribution in [0.5, 0.6) is 0 Å². The van der Waals surface area contributed by atoms with E-state index in [0.29, 0.717) is 5.65 Å². The molecule has 56 valence electrons. The van der Waals surface area contributed by atoms with Crippen LogP contribution in [0, 0.1) is 6.92 Å². The highest BCUT2D eigenvalue weighted by Crippen LogP contribution is 1.96. The van der Waals surface area contributed by atoms with Gasteiger partial charge in [0.15, 0.2) is 0 Å². The summed E-state index contributed by atoms with van der Waals surface area (Å²) in [6, 6.07) is 0. The van der Waals surface area contributed by atoms with Gasteiger partial charge in [-0.2, -0.15) is 0 Å². The van der Waals surface area contributed by atoms with Crippen LogP contribution in [0.25, 0.3) is 5.65 Å². The summed E-state index contributed by atoms with van der Waals surface area (Å²) in [6.45, 7) is 1.85. The van der Waals surface area contributed by atoms with Gasteiger partial charge in [0.25, 0.3) is 5.56 Å². The molecule has 0 aromatic carbocycles. The normalized spacial score (nSPS) is 10.6. The Labute approximate surface area is 62.5 Å². The van der Waals surface area contributed by atoms with Crippen molar-refractivity contribution in [2.75, 3.05) is 0 Å². The third-order valence-corrected chi connectivity index (χ3v) is 1.51. The molecule has 0 aliphatic carbocycles. The number of fused-ring (bicyclic) bond motifs is 1. The van der Waals surface area contributed by atoms with Crippen molar-refractivity contribution in [2.45, 2.75) is 6.92 Å². The number of aryl methyl sites for hydroxylation is 1. The molecule has 2 heterocycles. The zero-order valence-electron chi connectivity index (χ0n) is 6.03. The first-order chi connectivity index (χ1) is 5.27. The molecule has 0 radical (unpaired) electrons. The van der Waals surface area contributed by atoms with Crippen molar-refractivity contribution in [3.05, 3.63) is 34.6 Å². The second-order valence-electron chi connectivity index (χ2n) is 2.40. The lowest BCUT2D eigenvalue weighted by atomic mass is 10.6. The van der Waals surface area contributed by atoms with E-state index in [4.69, 9.17) is 0 Å². The van der Waals surface area contributed by atoms with E-state index in [1.807, 2.05) is 13.1 Å². The number of aromatic nitrogens is 3. The van der Waals surface area contributed by atoms with Crippen LogP contribution >= 0.6 is 0 Å². The molecule has 0 unspecified atom stereocenters. The summed E-state index contributed by atoms with van der Waals surface area (Å²) in [5.74, 6) is 0. The largest absolute Gasteiger partial charge is 0.324 e. The molecule has 0 aliphatic heterocycles. The van der Waals surface area contributed by atoms with Crippen molar-refractivity contribution in [2.24, 2.45) is 0 Å². The molecule has 0 bridgehead atoms. The van der Waals surface area contributed by atoms with E-state index in [1.165, 1.54) is 0 Å². The molecule has 2 aromatic rings. The Bertz CT molecular complexity index is 440. The monoisotopic (exact) mass is 149 g/mol. The third kappa shape index (κ3) is 0.832. The molecule has 0 fully saturated rings. The van der Waals surface area contributed by atoms with Gasteiger partial charge in [-0.1, -0.05) is 0 Å². The number of H-pyrrole nitrogens is 1. The first kappa shape index (κ1) is 6.15. The zero-order valence-corrected chi connectivity index (χ0v) is 6.03. The fraction of sp³-hybridized carbons (Fsp3) is 0.143. The van der Waals surface area contributed by atoms with Gasteiger partial charge in [-0.15, -0.1) is 0 Å². The van der Waals surface area contributed by atoms with E-state index in [2.05, 4.69) is 9.97 Å². The number of nitrogens with zero attached hydrogens (tertiary/aromatic N) is 2. The molecule has 0 spiro atoms. The molecule has 0 aliphatic rings. The SMILES string of the molecule is Cc1cn2cc[nH]c(=O)c2n1. The van der Waals surface area contributed by atoms with Gasteiger partial charge in [-0.3, -0.25) is 4.79 Å². The van der Waals surface area contributed by atoms with E-state index in [1.54, 1.807) is 16.8 Å². The van der Waals surface area contributed by atoms with Crippen LogP contribution in [0.2, 0.25) is 0 Å². The molecular weight excluding hydrogens is 142 g/mol. The summed E-state index contributed by atoms with van der Waals surface area (Å²) in [7, 11) is 0. The van der Waals surface area contributed by atoms with Crippen LogP contribution < -0.4 is 5.56 Å². The molecule has 4 nitrogen and oxygen atoms in total. The Balaban J connectivity index is 3.02. The smallest absolute Gasteiger partial charge is 0.291 e. The first-order valence-electron chi connectivity index (χ1n) is 3.30. The van der Waals surface area contributed by atoms with Crippen molar-refractivity contribution < 1.29 is 0 Å². The van der Waals surface area contributed by atoms with E-state index in [0.717, 1.165) is 5.69 Å². The molecule has 2 rings (SSSR count). The van der Waals surface area contributed by atoms with Gasteiger partial charge >= 0.3 is 0 Å². The Morgan fingerprint density at radius 2 is 2.45 bits per heavy atom. The molecule has 4 heteroatoms. The predicted molar refractivity (Wildman–Crippen MR) is 40.5 cm³/mol. The molecule has 0 atom stereocenters. The number of rotatable bonds is 0. The molecule has 0 saturated carbocycles. The van der Waals surface area contributed by atoms with E-state index in [9.17, 15) is 4.79 Å². The van der Waals surface area contributed by atoms with E-state index < -0.39 is 0 Å². The lowest BCUT2D eigenvalue weighted by molar-refractivity contribution is 1.09. The van der Waals surface area contributed by atoms with E-state index >= 15 is 0 Å². The maximum Gasteiger partial charge on any atom is 0.291 e. The zero-order chi connectivity index (χ0) is 7.84. The van der Waals surface area contributed by atoms with Crippen LogP contribution in [-0.2, 0) is 0 Å². The van der Waals surface area contributed by atoms with Gasteiger partial charge in [0.1, 0.15) is 0 Å². The van der Waals surface area contributed by atoms with Crippen molar-refractivity contribution >= 4 is 5.65 Å². The summed E-state index contributed by atoms with van der Waals surface area (Å²) in [5, 5.41) is 0. The minimum absolute atomic E-state index is 0.152. The molecule has 2 aromatic heterocycles. The van der Waals surface area contributed by atoms with Crippen molar-refractivity contribution in [1.29, 1.82) is 0 Å². The number of hydrogen-bond acceptors (Lipinski definition) is 2. The molecule has 1 N–H and O–H groups in total. The van der Waals surface area contributed by atoms with Gasteiger partial charge in [-0.25, -0.2) is 4.98 Å². The van der Waals surface area contributed by atoms with Crippen molar-refractivity contribution in [1.82, 2.24) is 14.4 Å². The second-order valence-corrected chi connectivity index (χ2v) is 2.40. The quantitative estimate of drug-likeness (QED) is 0.586. The van der Waals surface area contributed by atoms with Crippen molar-refractivity contribution in [3.8, 4) is 0 Å². The first-order valence-corrected chi connectivity index (χ1v) is 3.30. The lowest BCUT2D eigenvalue weighted by Crippen LogP contribution is -2.07. The highest BCUT2D eigenvalue weighted by molar-refractivity contribution is 5.36. The molecule has 11 heavy (non-hydrogen) atoms. The predicted octanol–water partition coefficient (Wildman–Crippen LogP) is 0.331. The number of aromatic amines is 1. The maximum atomic E-state index is 11.1. The lowest BCUT2D eigenvalue weighted by Gasteiger charge is -1.86. The van der Waals surface area contributed by atoms with Gasteiger partial charge in [0, 0.05) is 18.6 Å². The fourth-order valence-corrected chi connectivity index (χ4v) is 1.06. The Morgan fingerprint density at radius 1 is 1.64 bits per heavy atom. The Kier molecular flexibility index (Phi) is 1.09. The maximum absolute atomic E-state index is 11.1. The number of hydrogen-bond donors (Lipinski definition) is 1. The average molecular weight is 149 g/mol. The second kappa shape index (κ2) is 1.95. The van der Waals surface area contributed by atoms with Gasteiger partial charge in [0.2, 0.25) is 5.65 Å². The minimum atomic E-state index is -0.152. The Hall–Kier alpha value is -1.58. The third-order valence-electron chi connectivity index (χ3n) is 1.51. The van der Waals surface area contributed by atoms with Crippen LogP contribution in [0.1, 0.15) is 5.69 Å².